The van der Waals surface area contributed by atoms with Gasteiger partial charge < -0.3 is 29.9 Å². The Morgan fingerprint density at radius 3 is 2.41 bits per heavy atom. The van der Waals surface area contributed by atoms with Gasteiger partial charge in [-0.1, -0.05) is 0 Å². The number of carbonyl (C=O) groups is 1. The zero-order valence-electron chi connectivity index (χ0n) is 9.52. The van der Waals surface area contributed by atoms with Crippen LogP contribution < -0.4 is 0 Å². The van der Waals surface area contributed by atoms with Gasteiger partial charge in [0.2, 0.25) is 0 Å². The minimum atomic E-state index is -1.46. The first-order chi connectivity index (χ1) is 7.97. The van der Waals surface area contributed by atoms with Crippen LogP contribution in [-0.2, 0) is 14.3 Å². The molecule has 1 heterocycles. The van der Waals surface area contributed by atoms with Crippen LogP contribution in [0.1, 0.15) is 13.3 Å². The number of ketones is 1. The molecular formula is C10H18O7. The van der Waals surface area contributed by atoms with Gasteiger partial charge in [-0.15, -0.1) is 0 Å². The number of ether oxygens (including phenoxy) is 2. The van der Waals surface area contributed by atoms with E-state index in [-0.39, 0.29) is 18.8 Å². The highest BCUT2D eigenvalue weighted by Crippen LogP contribution is 2.21. The molecule has 4 N–H and O–H groups in total. The average molecular weight is 250 g/mol. The predicted molar refractivity (Wildman–Crippen MR) is 55.0 cm³/mol. The predicted octanol–water partition coefficient (Wildman–Crippen LogP) is -2.22. The number of hydrogen-bond donors (Lipinski definition) is 4. The van der Waals surface area contributed by atoms with Crippen LogP contribution in [0, 0.1) is 0 Å². The van der Waals surface area contributed by atoms with E-state index in [1.165, 1.54) is 6.92 Å². The van der Waals surface area contributed by atoms with Crippen molar-refractivity contribution in [3.05, 3.63) is 0 Å². The number of aliphatic hydroxyl groups excluding tert-OH is 4. The van der Waals surface area contributed by atoms with Crippen molar-refractivity contribution >= 4 is 5.78 Å². The van der Waals surface area contributed by atoms with E-state index in [9.17, 15) is 20.1 Å². The lowest BCUT2D eigenvalue weighted by Gasteiger charge is -2.39. The Morgan fingerprint density at radius 2 is 1.88 bits per heavy atom. The zero-order chi connectivity index (χ0) is 13.0. The van der Waals surface area contributed by atoms with Crippen molar-refractivity contribution in [1.29, 1.82) is 0 Å². The minimum absolute atomic E-state index is 0.0397. The van der Waals surface area contributed by atoms with Crippen molar-refractivity contribution in [2.75, 3.05) is 13.2 Å². The van der Waals surface area contributed by atoms with E-state index in [0.29, 0.717) is 0 Å². The van der Waals surface area contributed by atoms with Crippen molar-refractivity contribution < 1.29 is 34.7 Å². The van der Waals surface area contributed by atoms with Crippen LogP contribution in [0.2, 0.25) is 0 Å². The van der Waals surface area contributed by atoms with Gasteiger partial charge >= 0.3 is 0 Å². The highest BCUT2D eigenvalue weighted by molar-refractivity contribution is 5.75. The van der Waals surface area contributed by atoms with E-state index in [1.54, 1.807) is 0 Å². The van der Waals surface area contributed by atoms with Gasteiger partial charge in [-0.3, -0.25) is 4.79 Å². The van der Waals surface area contributed by atoms with E-state index in [1.807, 2.05) is 0 Å². The summed E-state index contributed by atoms with van der Waals surface area (Å²) < 4.78 is 10.2. The molecule has 1 fully saturated rings. The van der Waals surface area contributed by atoms with Crippen LogP contribution in [0.3, 0.4) is 0 Å². The largest absolute Gasteiger partial charge is 0.394 e. The van der Waals surface area contributed by atoms with Crippen LogP contribution in [0.15, 0.2) is 0 Å². The third-order valence-electron chi connectivity index (χ3n) is 2.58. The molecule has 0 amide bonds. The van der Waals surface area contributed by atoms with Crippen LogP contribution >= 0.6 is 0 Å². The van der Waals surface area contributed by atoms with Gasteiger partial charge in [0.1, 0.15) is 30.2 Å². The van der Waals surface area contributed by atoms with E-state index in [0.717, 1.165) is 0 Å². The fraction of sp³-hybridized carbons (Fsp3) is 0.900. The molecule has 1 saturated heterocycles. The Balaban J connectivity index is 2.50. The standard InChI is InChI=1S/C10H18O7/c1-5(12)2-3-16-10-9(15)8(14)7(13)6(4-11)17-10/h6-11,13-15H,2-4H2,1H3/t6-,7-,8+,9-,10-/m1/s1. The Morgan fingerprint density at radius 1 is 1.24 bits per heavy atom. The second-order valence-corrected chi connectivity index (χ2v) is 4.02. The fourth-order valence-corrected chi connectivity index (χ4v) is 1.52. The van der Waals surface area contributed by atoms with Gasteiger partial charge in [0.15, 0.2) is 6.29 Å². The third kappa shape index (κ3) is 3.70. The average Bonchev–Trinajstić information content (AvgIpc) is 2.29. The SMILES string of the molecule is CC(=O)CCO[C@@H]1O[C@H](CO)[C@@H](O)[C@H](O)[C@H]1O. The molecule has 0 spiro atoms. The lowest BCUT2D eigenvalue weighted by Crippen LogP contribution is -2.59. The van der Waals surface area contributed by atoms with Crippen molar-refractivity contribution in [2.24, 2.45) is 0 Å². The maximum absolute atomic E-state index is 10.7. The molecule has 100 valence electrons. The molecule has 5 atom stereocenters. The molecular weight excluding hydrogens is 232 g/mol. The van der Waals surface area contributed by atoms with Crippen LogP contribution in [0.4, 0.5) is 0 Å². The lowest BCUT2D eigenvalue weighted by molar-refractivity contribution is -0.300. The van der Waals surface area contributed by atoms with Gasteiger partial charge in [-0.05, 0) is 6.92 Å². The Kier molecular flexibility index (Phi) is 5.44. The molecule has 7 heteroatoms. The number of hydrogen-bond acceptors (Lipinski definition) is 7. The van der Waals surface area contributed by atoms with Gasteiger partial charge in [0, 0.05) is 6.42 Å². The van der Waals surface area contributed by atoms with E-state index in [2.05, 4.69) is 0 Å². The molecule has 0 unspecified atom stereocenters. The summed E-state index contributed by atoms with van der Waals surface area (Å²) in [6, 6.07) is 0. The number of aliphatic hydroxyl groups is 4. The summed E-state index contributed by atoms with van der Waals surface area (Å²) >= 11 is 0. The molecule has 0 aromatic heterocycles. The second kappa shape index (κ2) is 6.39. The van der Waals surface area contributed by atoms with Gasteiger partial charge in [0.25, 0.3) is 0 Å². The summed E-state index contributed by atoms with van der Waals surface area (Å²) in [4.78, 5) is 10.7. The highest BCUT2D eigenvalue weighted by atomic mass is 16.7. The first kappa shape index (κ1) is 14.5. The third-order valence-corrected chi connectivity index (χ3v) is 2.58. The Bertz CT molecular complexity index is 255. The van der Waals surface area contributed by atoms with Gasteiger partial charge in [-0.2, -0.15) is 0 Å². The van der Waals surface area contributed by atoms with Crippen molar-refractivity contribution in [2.45, 2.75) is 44.1 Å². The number of carbonyl (C=O) groups excluding carboxylic acids is 1. The van der Waals surface area contributed by atoms with Crippen molar-refractivity contribution in [3.63, 3.8) is 0 Å². The molecule has 0 radical (unpaired) electrons. The monoisotopic (exact) mass is 250 g/mol. The molecule has 7 nitrogen and oxygen atoms in total. The summed E-state index contributed by atoms with van der Waals surface area (Å²) in [5.41, 5.74) is 0. The molecule has 0 aliphatic carbocycles. The topological polar surface area (TPSA) is 116 Å². The normalized spacial score (nSPS) is 38.1. The molecule has 1 rings (SSSR count). The zero-order valence-corrected chi connectivity index (χ0v) is 9.52. The Labute approximate surface area is 98.6 Å². The maximum Gasteiger partial charge on any atom is 0.186 e. The summed E-state index contributed by atoms with van der Waals surface area (Å²) in [7, 11) is 0. The Hall–Kier alpha value is -0.570. The summed E-state index contributed by atoms with van der Waals surface area (Å²) in [5.74, 6) is -0.0745. The summed E-state index contributed by atoms with van der Waals surface area (Å²) in [6.45, 7) is 0.937. The van der Waals surface area contributed by atoms with Crippen molar-refractivity contribution in [3.8, 4) is 0 Å². The minimum Gasteiger partial charge on any atom is -0.394 e. The quantitative estimate of drug-likeness (QED) is 0.437. The first-order valence-corrected chi connectivity index (χ1v) is 5.39. The van der Waals surface area contributed by atoms with E-state index >= 15 is 0 Å². The van der Waals surface area contributed by atoms with Crippen molar-refractivity contribution in [1.82, 2.24) is 0 Å². The van der Waals surface area contributed by atoms with Crippen LogP contribution in [0.25, 0.3) is 0 Å². The first-order valence-electron chi connectivity index (χ1n) is 5.39. The summed E-state index contributed by atoms with van der Waals surface area (Å²) in [5, 5.41) is 37.4. The number of rotatable bonds is 5. The molecule has 0 saturated carbocycles. The second-order valence-electron chi connectivity index (χ2n) is 4.02. The van der Waals surface area contributed by atoms with Gasteiger partial charge in [0.05, 0.1) is 13.2 Å². The smallest absolute Gasteiger partial charge is 0.186 e. The van der Waals surface area contributed by atoms with Gasteiger partial charge in [-0.25, -0.2) is 0 Å². The molecule has 1 aliphatic heterocycles. The number of Topliss-reactive ketones (excluding diaryl/α,β-unsaturated/α-hetero) is 1. The maximum atomic E-state index is 10.7. The van der Waals surface area contributed by atoms with Crippen LogP contribution in [-0.4, -0.2) is 70.1 Å². The lowest BCUT2D eigenvalue weighted by atomic mass is 9.99. The van der Waals surface area contributed by atoms with E-state index in [4.69, 9.17) is 14.6 Å². The molecule has 17 heavy (non-hydrogen) atoms. The molecule has 0 aromatic carbocycles. The molecule has 1 aliphatic rings. The van der Waals surface area contributed by atoms with E-state index < -0.39 is 37.3 Å². The van der Waals surface area contributed by atoms with Crippen LogP contribution in [0.5, 0.6) is 0 Å². The summed E-state index contributed by atoms with van der Waals surface area (Å²) in [6.07, 6.45) is -6.26. The fourth-order valence-electron chi connectivity index (χ4n) is 1.52. The molecule has 0 bridgehead atoms. The highest BCUT2D eigenvalue weighted by Gasteiger charge is 2.43. The molecule has 0 aromatic rings.